The van der Waals surface area contributed by atoms with Crippen LogP contribution in [0.2, 0.25) is 6.32 Å². The Morgan fingerprint density at radius 2 is 1.82 bits per heavy atom. The first-order valence-electron chi connectivity index (χ1n) is 10.1. The minimum absolute atomic E-state index is 0.127. The number of unbranched alkanes of at least 4 members (excludes halogenated alkanes) is 1. The number of hydrogen-bond donors (Lipinski definition) is 1. The molecule has 4 heteroatoms. The summed E-state index contributed by atoms with van der Waals surface area (Å²) in [7, 11) is 1.15. The molecule has 0 spiro atoms. The summed E-state index contributed by atoms with van der Waals surface area (Å²) in [5, 5.41) is 0. The van der Waals surface area contributed by atoms with Crippen molar-refractivity contribution in [1.82, 2.24) is 9.97 Å². The van der Waals surface area contributed by atoms with E-state index >= 15 is 0 Å². The van der Waals surface area contributed by atoms with Crippen molar-refractivity contribution in [2.75, 3.05) is 0 Å². The molecule has 1 heterocycles. The van der Waals surface area contributed by atoms with Crippen molar-refractivity contribution >= 4 is 12.7 Å². The summed E-state index contributed by atoms with van der Waals surface area (Å²) in [5.74, 6) is -0.127. The van der Waals surface area contributed by atoms with Gasteiger partial charge < -0.3 is 4.98 Å². The van der Waals surface area contributed by atoms with Crippen LogP contribution in [0.4, 0.5) is 4.39 Å². The van der Waals surface area contributed by atoms with Crippen LogP contribution >= 0.6 is 0 Å². The highest BCUT2D eigenvalue weighted by Gasteiger charge is 2.13. The normalized spacial score (nSPS) is 10.9. The Kier molecular flexibility index (Phi) is 8.50. The number of H-pyrrole nitrogens is 1. The number of nitrogens with one attached hydrogen (secondary N) is 1. The summed E-state index contributed by atoms with van der Waals surface area (Å²) in [5.41, 5.74) is 5.33. The minimum Gasteiger partial charge on any atom is -0.348 e. The lowest BCUT2D eigenvalue weighted by molar-refractivity contribution is 0.572. The van der Waals surface area contributed by atoms with E-state index in [9.17, 15) is 4.39 Å². The first-order valence-corrected chi connectivity index (χ1v) is 10.1. The van der Waals surface area contributed by atoms with Gasteiger partial charge in [-0.05, 0) is 37.5 Å². The van der Waals surface area contributed by atoms with E-state index in [0.717, 1.165) is 25.7 Å². The summed E-state index contributed by atoms with van der Waals surface area (Å²) in [4.78, 5) is 7.00. The van der Waals surface area contributed by atoms with E-state index in [2.05, 4.69) is 61.9 Å². The van der Waals surface area contributed by atoms with Gasteiger partial charge in [-0.25, -0.2) is 9.37 Å². The number of benzene rings is 2. The van der Waals surface area contributed by atoms with Crippen LogP contribution in [0, 0.1) is 12.7 Å². The number of imidazole rings is 1. The molecule has 0 saturated carbocycles. The molecule has 0 fully saturated rings. The van der Waals surface area contributed by atoms with E-state index < -0.39 is 0 Å². The van der Waals surface area contributed by atoms with Crippen molar-refractivity contribution in [1.29, 1.82) is 0 Å². The Balaban J connectivity index is 0.000000261. The van der Waals surface area contributed by atoms with Gasteiger partial charge in [0.25, 0.3) is 0 Å². The van der Waals surface area contributed by atoms with Crippen molar-refractivity contribution < 1.29 is 4.39 Å². The van der Waals surface area contributed by atoms with Crippen molar-refractivity contribution in [2.45, 2.75) is 58.7 Å². The molecule has 0 bridgehead atoms. The molecule has 0 aliphatic rings. The molecule has 2 aromatic carbocycles. The standard InChI is InChI=1S/C17H20BF.C7H12N2/c1-14-7-2-3-11-17(14)18-12-5-4-8-15-9-6-10-16(19)13-15;1-7(2,3)6-4-8-5-9-6/h2-3,6-7,9-11,13,18H,4-5,8,12H2,1H3;4-5H,1-3H3,(H,8,9). The Labute approximate surface area is 169 Å². The zero-order valence-corrected chi connectivity index (χ0v) is 17.6. The monoisotopic (exact) mass is 378 g/mol. The van der Waals surface area contributed by atoms with Crippen LogP contribution in [0.5, 0.6) is 0 Å². The highest BCUT2D eigenvalue weighted by atomic mass is 19.1. The molecule has 3 rings (SSSR count). The quantitative estimate of drug-likeness (QED) is 0.455. The maximum absolute atomic E-state index is 13.0. The maximum atomic E-state index is 13.0. The number of nitrogens with zero attached hydrogens (tertiary/aromatic N) is 1. The van der Waals surface area contributed by atoms with Gasteiger partial charge >= 0.3 is 0 Å². The molecule has 0 aliphatic heterocycles. The van der Waals surface area contributed by atoms with Crippen LogP contribution in [-0.4, -0.2) is 17.2 Å². The summed E-state index contributed by atoms with van der Waals surface area (Å²) >= 11 is 0. The average Bonchev–Trinajstić information content (AvgIpc) is 3.19. The van der Waals surface area contributed by atoms with Crippen LogP contribution in [0.25, 0.3) is 0 Å². The molecule has 3 aromatic rings. The maximum Gasteiger partial charge on any atom is 0.158 e. The summed E-state index contributed by atoms with van der Waals surface area (Å²) in [6.07, 6.45) is 8.09. The predicted molar refractivity (Wildman–Crippen MR) is 119 cm³/mol. The largest absolute Gasteiger partial charge is 0.348 e. The van der Waals surface area contributed by atoms with Gasteiger partial charge in [0.1, 0.15) is 5.82 Å². The molecule has 1 N–H and O–H groups in total. The van der Waals surface area contributed by atoms with Gasteiger partial charge in [-0.3, -0.25) is 0 Å². The second-order valence-corrected chi connectivity index (χ2v) is 8.33. The highest BCUT2D eigenvalue weighted by molar-refractivity contribution is 6.53. The topological polar surface area (TPSA) is 28.7 Å². The first kappa shape index (κ1) is 21.9. The molecule has 0 radical (unpaired) electrons. The zero-order chi connectivity index (χ0) is 20.4. The molecule has 148 valence electrons. The lowest BCUT2D eigenvalue weighted by Crippen LogP contribution is -2.16. The van der Waals surface area contributed by atoms with Gasteiger partial charge in [0.2, 0.25) is 0 Å². The summed E-state index contributed by atoms with van der Waals surface area (Å²) in [6, 6.07) is 15.5. The van der Waals surface area contributed by atoms with Gasteiger partial charge in [0.15, 0.2) is 7.28 Å². The predicted octanol–water partition coefficient (Wildman–Crippen LogP) is 5.34. The van der Waals surface area contributed by atoms with Crippen molar-refractivity contribution in [3.8, 4) is 0 Å². The number of aromatic nitrogens is 2. The van der Waals surface area contributed by atoms with E-state index in [0.29, 0.717) is 0 Å². The van der Waals surface area contributed by atoms with Gasteiger partial charge in [-0.1, -0.05) is 80.9 Å². The third kappa shape index (κ3) is 7.71. The number of aryl methyl sites for hydroxylation is 2. The van der Waals surface area contributed by atoms with Gasteiger partial charge in [-0.15, -0.1) is 0 Å². The molecule has 0 amide bonds. The smallest absolute Gasteiger partial charge is 0.158 e. The molecular weight excluding hydrogens is 346 g/mol. The van der Waals surface area contributed by atoms with Gasteiger partial charge in [0.05, 0.1) is 6.33 Å². The molecular formula is C24H32BFN2. The first-order chi connectivity index (χ1) is 13.4. The molecule has 0 atom stereocenters. The summed E-state index contributed by atoms with van der Waals surface area (Å²) < 4.78 is 13.0. The fraction of sp³-hybridized carbons (Fsp3) is 0.375. The lowest BCUT2D eigenvalue weighted by Gasteiger charge is -2.14. The van der Waals surface area contributed by atoms with E-state index in [1.54, 1.807) is 18.5 Å². The fourth-order valence-corrected chi connectivity index (χ4v) is 3.07. The second kappa shape index (κ2) is 10.8. The van der Waals surface area contributed by atoms with Crippen LogP contribution in [0.3, 0.4) is 0 Å². The molecule has 0 unspecified atom stereocenters. The lowest BCUT2D eigenvalue weighted by atomic mass is 9.64. The highest BCUT2D eigenvalue weighted by Crippen LogP contribution is 2.17. The number of rotatable bonds is 6. The molecule has 2 nitrogen and oxygen atoms in total. The number of aromatic amines is 1. The molecule has 1 aromatic heterocycles. The Morgan fingerprint density at radius 3 is 2.43 bits per heavy atom. The SMILES string of the molecule is CC(C)(C)c1cnc[nH]1.Cc1ccccc1BCCCCc1cccc(F)c1. The van der Waals surface area contributed by atoms with Crippen LogP contribution < -0.4 is 5.46 Å². The van der Waals surface area contributed by atoms with Crippen LogP contribution in [0.1, 0.15) is 50.4 Å². The Bertz CT molecular complexity index is 823. The van der Waals surface area contributed by atoms with Crippen molar-refractivity contribution in [3.63, 3.8) is 0 Å². The van der Waals surface area contributed by atoms with E-state index in [1.165, 1.54) is 35.5 Å². The van der Waals surface area contributed by atoms with E-state index in [1.807, 2.05) is 12.3 Å². The van der Waals surface area contributed by atoms with Crippen molar-refractivity contribution in [3.05, 3.63) is 83.7 Å². The van der Waals surface area contributed by atoms with Gasteiger partial charge in [0, 0.05) is 17.3 Å². The minimum atomic E-state index is -0.127. The van der Waals surface area contributed by atoms with Crippen LogP contribution in [-0.2, 0) is 11.8 Å². The Hall–Kier alpha value is -2.36. The zero-order valence-electron chi connectivity index (χ0n) is 17.6. The number of hydrogen-bond acceptors (Lipinski definition) is 1. The molecule has 0 saturated heterocycles. The fourth-order valence-electron chi connectivity index (χ4n) is 3.07. The van der Waals surface area contributed by atoms with E-state index in [-0.39, 0.29) is 11.2 Å². The summed E-state index contributed by atoms with van der Waals surface area (Å²) in [6.45, 7) is 8.63. The molecule has 28 heavy (non-hydrogen) atoms. The molecule has 0 aliphatic carbocycles. The Morgan fingerprint density at radius 1 is 1.04 bits per heavy atom. The third-order valence-corrected chi connectivity index (χ3v) is 4.87. The van der Waals surface area contributed by atoms with Crippen molar-refractivity contribution in [2.24, 2.45) is 0 Å². The second-order valence-electron chi connectivity index (χ2n) is 8.33. The van der Waals surface area contributed by atoms with Crippen LogP contribution in [0.15, 0.2) is 61.1 Å². The van der Waals surface area contributed by atoms with E-state index in [4.69, 9.17) is 0 Å². The number of halogens is 1. The average molecular weight is 378 g/mol. The third-order valence-electron chi connectivity index (χ3n) is 4.87. The van der Waals surface area contributed by atoms with Gasteiger partial charge in [-0.2, -0.15) is 0 Å².